The zero-order valence-electron chi connectivity index (χ0n) is 13.2. The van der Waals surface area contributed by atoms with Gasteiger partial charge < -0.3 is 16.4 Å². The average molecular weight is 321 g/mol. The summed E-state index contributed by atoms with van der Waals surface area (Å²) in [4.78, 5) is 24.9. The second kappa shape index (κ2) is 6.71. The minimum atomic E-state index is -0.431. The fourth-order valence-corrected chi connectivity index (χ4v) is 3.45. The van der Waals surface area contributed by atoms with Gasteiger partial charge in [-0.05, 0) is 37.5 Å². The van der Waals surface area contributed by atoms with Crippen molar-refractivity contribution in [2.24, 2.45) is 11.7 Å². The minimum Gasteiger partial charge on any atom is -0.346 e. The van der Waals surface area contributed by atoms with Crippen molar-refractivity contribution < 1.29 is 9.59 Å². The molecule has 1 aliphatic rings. The molecule has 1 heterocycles. The lowest BCUT2D eigenvalue weighted by Gasteiger charge is -2.31. The highest BCUT2D eigenvalue weighted by Crippen LogP contribution is 2.32. The molecule has 0 aromatic heterocycles. The molecule has 1 unspecified atom stereocenters. The first-order valence-electron chi connectivity index (χ1n) is 7.42. The van der Waals surface area contributed by atoms with Gasteiger partial charge in [0, 0.05) is 22.5 Å². The van der Waals surface area contributed by atoms with Gasteiger partial charge in [-0.15, -0.1) is 11.8 Å². The van der Waals surface area contributed by atoms with Crippen molar-refractivity contribution in [3.8, 4) is 0 Å². The number of thioether (sulfide) groups is 1. The molecule has 1 atom stereocenters. The lowest BCUT2D eigenvalue weighted by molar-refractivity contribution is -0.113. The van der Waals surface area contributed by atoms with E-state index >= 15 is 0 Å². The van der Waals surface area contributed by atoms with Crippen LogP contribution in [-0.4, -0.2) is 29.7 Å². The van der Waals surface area contributed by atoms with Crippen LogP contribution in [0, 0.1) is 5.92 Å². The Labute approximate surface area is 135 Å². The van der Waals surface area contributed by atoms with E-state index in [-0.39, 0.29) is 11.8 Å². The van der Waals surface area contributed by atoms with E-state index in [2.05, 4.69) is 24.5 Å². The molecule has 0 saturated carbocycles. The van der Waals surface area contributed by atoms with Gasteiger partial charge in [-0.1, -0.05) is 13.8 Å². The zero-order valence-corrected chi connectivity index (χ0v) is 14.0. The predicted molar refractivity (Wildman–Crippen MR) is 90.2 cm³/mol. The van der Waals surface area contributed by atoms with Gasteiger partial charge in [0.15, 0.2) is 0 Å². The monoisotopic (exact) mass is 321 g/mol. The number of carbonyl (C=O) groups is 2. The molecular weight excluding hydrogens is 298 g/mol. The largest absolute Gasteiger partial charge is 0.346 e. The Hall–Kier alpha value is -1.53. The lowest BCUT2D eigenvalue weighted by Crippen LogP contribution is -2.52. The Morgan fingerprint density at radius 2 is 2.23 bits per heavy atom. The Balaban J connectivity index is 2.16. The molecule has 5 nitrogen and oxygen atoms in total. The fraction of sp³-hybridized carbons (Fsp3) is 0.500. The van der Waals surface area contributed by atoms with Crippen molar-refractivity contribution in [2.45, 2.75) is 37.6 Å². The molecule has 6 heteroatoms. The molecule has 0 saturated heterocycles. The second-order valence-electron chi connectivity index (χ2n) is 6.36. The number of fused-ring (bicyclic) bond motifs is 1. The van der Waals surface area contributed by atoms with Crippen molar-refractivity contribution in [3.63, 3.8) is 0 Å². The number of nitrogens with two attached hydrogens (primary N) is 1. The number of benzene rings is 1. The van der Waals surface area contributed by atoms with Gasteiger partial charge in [-0.2, -0.15) is 0 Å². The van der Waals surface area contributed by atoms with E-state index < -0.39 is 5.54 Å². The molecule has 22 heavy (non-hydrogen) atoms. The van der Waals surface area contributed by atoms with E-state index in [1.54, 1.807) is 12.1 Å². The number of hydrogen-bond acceptors (Lipinski definition) is 4. The molecule has 1 aromatic carbocycles. The number of nitrogens with one attached hydrogen (secondary N) is 2. The van der Waals surface area contributed by atoms with Crippen molar-refractivity contribution in [3.05, 3.63) is 23.8 Å². The number of carbonyl (C=O) groups excluding carboxylic acids is 2. The minimum absolute atomic E-state index is 0.0401. The summed E-state index contributed by atoms with van der Waals surface area (Å²) in [5, 5.41) is 5.82. The first-order chi connectivity index (χ1) is 10.3. The number of rotatable bonds is 5. The van der Waals surface area contributed by atoms with E-state index in [1.807, 2.05) is 13.0 Å². The summed E-state index contributed by atoms with van der Waals surface area (Å²) in [5.41, 5.74) is 6.64. The Morgan fingerprint density at radius 3 is 2.86 bits per heavy atom. The Kier molecular flexibility index (Phi) is 5.13. The quantitative estimate of drug-likeness (QED) is 0.776. The van der Waals surface area contributed by atoms with Crippen molar-refractivity contribution in [2.75, 3.05) is 17.6 Å². The molecule has 2 amide bonds. The number of hydrogen-bond donors (Lipinski definition) is 3. The van der Waals surface area contributed by atoms with Gasteiger partial charge in [-0.3, -0.25) is 9.59 Å². The van der Waals surface area contributed by atoms with Gasteiger partial charge in [0.2, 0.25) is 5.91 Å². The van der Waals surface area contributed by atoms with Crippen LogP contribution in [0.2, 0.25) is 0 Å². The third-order valence-electron chi connectivity index (χ3n) is 3.60. The molecule has 1 aliphatic heterocycles. The molecular formula is C16H23N3O2S. The smallest absolute Gasteiger partial charge is 0.251 e. The normalized spacial score (nSPS) is 16.7. The summed E-state index contributed by atoms with van der Waals surface area (Å²) in [5.74, 6) is 0.647. The summed E-state index contributed by atoms with van der Waals surface area (Å²) in [6.45, 7) is 6.55. The molecule has 0 spiro atoms. The van der Waals surface area contributed by atoms with Crippen LogP contribution in [0.15, 0.2) is 23.1 Å². The Morgan fingerprint density at radius 1 is 1.50 bits per heavy atom. The van der Waals surface area contributed by atoms with Crippen LogP contribution in [0.3, 0.4) is 0 Å². The number of anilines is 1. The van der Waals surface area contributed by atoms with Crippen LogP contribution in [0.25, 0.3) is 0 Å². The summed E-state index contributed by atoms with van der Waals surface area (Å²) >= 11 is 1.48. The molecule has 0 radical (unpaired) electrons. The van der Waals surface area contributed by atoms with Gasteiger partial charge in [0.1, 0.15) is 0 Å². The van der Waals surface area contributed by atoms with E-state index in [1.165, 1.54) is 11.8 Å². The lowest BCUT2D eigenvalue weighted by atomic mass is 9.90. The maximum atomic E-state index is 12.5. The third-order valence-corrected chi connectivity index (χ3v) is 4.67. The molecule has 120 valence electrons. The van der Waals surface area contributed by atoms with E-state index in [0.29, 0.717) is 29.5 Å². The van der Waals surface area contributed by atoms with Gasteiger partial charge in [0.05, 0.1) is 11.4 Å². The SMILES string of the molecule is CC(C)CC(C)(CN)NC(=O)c1ccc2c(c1)NC(=O)CS2. The number of amides is 2. The fourth-order valence-electron chi connectivity index (χ4n) is 2.66. The van der Waals surface area contributed by atoms with E-state index in [4.69, 9.17) is 5.73 Å². The van der Waals surface area contributed by atoms with Crippen molar-refractivity contribution >= 4 is 29.3 Å². The van der Waals surface area contributed by atoms with Crippen LogP contribution in [0.4, 0.5) is 5.69 Å². The molecule has 1 aromatic rings. The maximum Gasteiger partial charge on any atom is 0.251 e. The topological polar surface area (TPSA) is 84.2 Å². The molecule has 0 aliphatic carbocycles. The van der Waals surface area contributed by atoms with Gasteiger partial charge >= 0.3 is 0 Å². The summed E-state index contributed by atoms with van der Waals surface area (Å²) in [6, 6.07) is 5.38. The standard InChI is InChI=1S/C16H23N3O2S/c1-10(2)7-16(3,9-17)19-15(21)11-4-5-13-12(6-11)18-14(20)8-22-13/h4-6,10H,7-9,17H2,1-3H3,(H,18,20)(H,19,21). The average Bonchev–Trinajstić information content (AvgIpc) is 2.45. The van der Waals surface area contributed by atoms with Crippen molar-refractivity contribution in [1.82, 2.24) is 5.32 Å². The first-order valence-corrected chi connectivity index (χ1v) is 8.41. The molecule has 2 rings (SSSR count). The summed E-state index contributed by atoms with van der Waals surface area (Å²) in [7, 11) is 0. The molecule has 0 fully saturated rings. The second-order valence-corrected chi connectivity index (χ2v) is 7.38. The summed E-state index contributed by atoms with van der Waals surface area (Å²) in [6.07, 6.45) is 0.812. The van der Waals surface area contributed by atoms with Crippen LogP contribution >= 0.6 is 11.8 Å². The van der Waals surface area contributed by atoms with E-state index in [0.717, 1.165) is 11.3 Å². The predicted octanol–water partition coefficient (Wildman–Crippen LogP) is 2.22. The highest BCUT2D eigenvalue weighted by Gasteiger charge is 2.27. The molecule has 4 N–H and O–H groups in total. The third kappa shape index (κ3) is 4.01. The van der Waals surface area contributed by atoms with Crippen LogP contribution in [0.1, 0.15) is 37.6 Å². The van der Waals surface area contributed by atoms with Crippen LogP contribution < -0.4 is 16.4 Å². The molecule has 0 bridgehead atoms. The van der Waals surface area contributed by atoms with E-state index in [9.17, 15) is 9.59 Å². The first kappa shape index (κ1) is 16.8. The van der Waals surface area contributed by atoms with Gasteiger partial charge in [0.25, 0.3) is 5.91 Å². The van der Waals surface area contributed by atoms with Gasteiger partial charge in [-0.25, -0.2) is 0 Å². The van der Waals surface area contributed by atoms with Crippen molar-refractivity contribution in [1.29, 1.82) is 0 Å². The highest BCUT2D eigenvalue weighted by molar-refractivity contribution is 8.00. The maximum absolute atomic E-state index is 12.5. The van der Waals surface area contributed by atoms with Crippen LogP contribution in [0.5, 0.6) is 0 Å². The van der Waals surface area contributed by atoms with Crippen LogP contribution in [-0.2, 0) is 4.79 Å². The summed E-state index contributed by atoms with van der Waals surface area (Å²) < 4.78 is 0. The zero-order chi connectivity index (χ0) is 16.3. The Bertz CT molecular complexity index is 589. The highest BCUT2D eigenvalue weighted by atomic mass is 32.2.